The fraction of sp³-hybridized carbons (Fsp3) is 0.227. The van der Waals surface area contributed by atoms with E-state index in [2.05, 4.69) is 16.0 Å². The Hall–Kier alpha value is -3.49. The molecule has 0 saturated heterocycles. The Morgan fingerprint density at radius 3 is 2.42 bits per heavy atom. The van der Waals surface area contributed by atoms with Crippen molar-refractivity contribution in [2.75, 3.05) is 0 Å². The van der Waals surface area contributed by atoms with E-state index in [1.807, 2.05) is 31.2 Å². The van der Waals surface area contributed by atoms with Gasteiger partial charge in [-0.25, -0.2) is 13.4 Å². The number of halogens is 3. The molecule has 1 aliphatic rings. The topological polar surface area (TPSA) is 101 Å². The molecule has 3 heterocycles. The highest BCUT2D eigenvalue weighted by molar-refractivity contribution is 7.89. The molecule has 11 heteroatoms. The average Bonchev–Trinajstić information content (AvgIpc) is 2.98. The van der Waals surface area contributed by atoms with Gasteiger partial charge in [0.25, 0.3) is 0 Å². The molecule has 1 aliphatic carbocycles. The van der Waals surface area contributed by atoms with Crippen LogP contribution in [0.4, 0.5) is 13.2 Å². The van der Waals surface area contributed by atoms with Crippen LogP contribution in [-0.2, 0) is 10.0 Å². The highest BCUT2D eigenvalue weighted by Crippen LogP contribution is 2.37. The molecule has 0 radical (unpaired) electrons. The average molecular weight is 473 g/mol. The summed E-state index contributed by atoms with van der Waals surface area (Å²) in [5, 5.41) is 10.6. The Balaban J connectivity index is 1.88. The third kappa shape index (κ3) is 3.92. The number of hydrogen-bond donors (Lipinski definition) is 1. The van der Waals surface area contributed by atoms with E-state index in [0.717, 1.165) is 24.4 Å². The van der Waals surface area contributed by atoms with Gasteiger partial charge in [0, 0.05) is 23.5 Å². The van der Waals surface area contributed by atoms with Crippen LogP contribution in [0.3, 0.4) is 0 Å². The number of fused-ring (bicyclic) bond motifs is 1. The molecule has 0 aromatic carbocycles. The fourth-order valence-corrected chi connectivity index (χ4v) is 4.76. The van der Waals surface area contributed by atoms with Crippen LogP contribution < -0.4 is 4.72 Å². The molecule has 33 heavy (non-hydrogen) atoms. The zero-order valence-corrected chi connectivity index (χ0v) is 18.6. The van der Waals surface area contributed by atoms with Crippen molar-refractivity contribution in [2.24, 2.45) is 0 Å². The summed E-state index contributed by atoms with van der Waals surface area (Å²) in [5.41, 5.74) is 3.62. The summed E-state index contributed by atoms with van der Waals surface area (Å²) in [6, 6.07) is 3.00. The number of aryl methyl sites for hydroxylation is 2. The van der Waals surface area contributed by atoms with Gasteiger partial charge < -0.3 is 0 Å². The predicted molar refractivity (Wildman–Crippen MR) is 116 cm³/mol. The summed E-state index contributed by atoms with van der Waals surface area (Å²) in [6.45, 7) is 4.16. The van der Waals surface area contributed by atoms with E-state index in [4.69, 9.17) is 0 Å². The number of nitriles is 1. The third-order valence-electron chi connectivity index (χ3n) is 5.26. The Bertz CT molecular complexity index is 1490. The summed E-state index contributed by atoms with van der Waals surface area (Å²) in [4.78, 5) is 8.33. The lowest BCUT2D eigenvalue weighted by Gasteiger charge is -2.18. The van der Waals surface area contributed by atoms with Gasteiger partial charge >= 0.3 is 6.18 Å². The Morgan fingerprint density at radius 1 is 1.18 bits per heavy atom. The molecule has 0 fully saturated rings. The smallest absolute Gasteiger partial charge is 0.291 e. The summed E-state index contributed by atoms with van der Waals surface area (Å²) in [7, 11) is -4.47. The number of pyridine rings is 2. The maximum absolute atomic E-state index is 12.8. The first-order valence-electron chi connectivity index (χ1n) is 9.80. The van der Waals surface area contributed by atoms with Crippen molar-refractivity contribution < 1.29 is 21.6 Å². The molecule has 1 atom stereocenters. The Morgan fingerprint density at radius 2 is 1.88 bits per heavy atom. The van der Waals surface area contributed by atoms with Gasteiger partial charge in [-0.15, -0.1) is 0 Å². The molecule has 0 aliphatic heterocycles. The minimum Gasteiger partial charge on any atom is -0.291 e. The molecule has 170 valence electrons. The minimum absolute atomic E-state index is 0.317. The van der Waals surface area contributed by atoms with Crippen molar-refractivity contribution in [2.45, 2.75) is 37.9 Å². The van der Waals surface area contributed by atoms with Crippen molar-refractivity contribution in [3.63, 3.8) is 0 Å². The van der Waals surface area contributed by atoms with E-state index in [-0.39, 0.29) is 0 Å². The zero-order valence-electron chi connectivity index (χ0n) is 17.8. The first-order valence-corrected chi connectivity index (χ1v) is 11.3. The molecule has 0 amide bonds. The fourth-order valence-electron chi connectivity index (χ4n) is 3.50. The summed E-state index contributed by atoms with van der Waals surface area (Å²) in [6.07, 6.45) is 3.43. The van der Waals surface area contributed by atoms with Gasteiger partial charge in [0.2, 0.25) is 10.0 Å². The van der Waals surface area contributed by atoms with Gasteiger partial charge in [-0.2, -0.15) is 23.2 Å². The van der Waals surface area contributed by atoms with Crippen LogP contribution in [0.1, 0.15) is 23.6 Å². The van der Waals surface area contributed by atoms with Crippen LogP contribution in [0, 0.1) is 25.2 Å². The lowest BCUT2D eigenvalue weighted by atomic mass is 10.1. The second-order valence-corrected chi connectivity index (χ2v) is 9.44. The lowest BCUT2D eigenvalue weighted by molar-refractivity contribution is -0.147. The largest absolute Gasteiger partial charge is 0.404 e. The van der Waals surface area contributed by atoms with Crippen molar-refractivity contribution in [3.8, 4) is 17.5 Å². The number of nitrogens with zero attached hydrogens (tertiary/aromatic N) is 4. The highest BCUT2D eigenvalue weighted by Gasteiger charge is 2.39. The monoisotopic (exact) mass is 473 g/mol. The molecule has 7 nitrogen and oxygen atoms in total. The standard InChI is InChI=1S/C22H18F3N5O2S/c1-12-7-17-18(9-26)20(30(15-5-4-6-15)21(17)28-10-12)19-13(2)8-16(11-27-19)33(31,32)29-14(3)22(23,24)25/h4-8,10-11,14,29H,1-3H3/t14-/m0/s1. The first-order chi connectivity index (χ1) is 15.4. The van der Waals surface area contributed by atoms with Crippen LogP contribution >= 0.6 is 0 Å². The van der Waals surface area contributed by atoms with Gasteiger partial charge in [-0.3, -0.25) is 9.55 Å². The lowest BCUT2D eigenvalue weighted by Crippen LogP contribution is -2.43. The zero-order chi connectivity index (χ0) is 24.1. The van der Waals surface area contributed by atoms with Crippen molar-refractivity contribution in [1.82, 2.24) is 19.3 Å². The van der Waals surface area contributed by atoms with Gasteiger partial charge in [0.05, 0.1) is 17.0 Å². The molecule has 1 N–H and O–H groups in total. The van der Waals surface area contributed by atoms with E-state index in [9.17, 15) is 26.9 Å². The van der Waals surface area contributed by atoms with E-state index in [1.165, 1.54) is 6.07 Å². The summed E-state index contributed by atoms with van der Waals surface area (Å²) >= 11 is 0. The SMILES string of the molecule is Cc1cnc2c(c1)c(C#N)c(-c1ncc(S(=O)(=O)N[C@@H](C)C(F)(F)F)cc1C)n2C1=CC=C1. The van der Waals surface area contributed by atoms with Gasteiger partial charge in [0.15, 0.2) is 0 Å². The number of nitrogens with one attached hydrogen (secondary N) is 1. The molecule has 0 unspecified atom stereocenters. The number of hydrogen-bond acceptors (Lipinski definition) is 5. The van der Waals surface area contributed by atoms with E-state index >= 15 is 0 Å². The third-order valence-corrected chi connectivity index (χ3v) is 6.77. The van der Waals surface area contributed by atoms with E-state index < -0.39 is 27.1 Å². The van der Waals surface area contributed by atoms with Gasteiger partial charge in [0.1, 0.15) is 22.7 Å². The number of aromatic nitrogens is 3. The number of allylic oxidation sites excluding steroid dienone is 4. The molecular weight excluding hydrogens is 455 g/mol. The predicted octanol–water partition coefficient (Wildman–Crippen LogP) is 4.23. The van der Waals surface area contributed by atoms with Gasteiger partial charge in [-0.1, -0.05) is 6.08 Å². The quantitative estimate of drug-likeness (QED) is 0.598. The molecular formula is C22H18F3N5O2S. The van der Waals surface area contributed by atoms with Crippen LogP contribution in [0.2, 0.25) is 0 Å². The second-order valence-electron chi connectivity index (χ2n) is 7.73. The van der Waals surface area contributed by atoms with Crippen LogP contribution in [-0.4, -0.2) is 35.2 Å². The molecule has 0 saturated carbocycles. The number of alkyl halides is 3. The van der Waals surface area contributed by atoms with Crippen molar-refractivity contribution >= 4 is 26.8 Å². The van der Waals surface area contributed by atoms with Crippen molar-refractivity contribution in [3.05, 3.63) is 59.4 Å². The maximum atomic E-state index is 12.8. The molecule has 4 rings (SSSR count). The van der Waals surface area contributed by atoms with E-state index in [0.29, 0.717) is 33.5 Å². The Kier molecular flexibility index (Phi) is 5.38. The maximum Gasteiger partial charge on any atom is 0.404 e. The van der Waals surface area contributed by atoms with Crippen molar-refractivity contribution in [1.29, 1.82) is 5.26 Å². The second kappa shape index (κ2) is 7.83. The van der Waals surface area contributed by atoms with Crippen LogP contribution in [0.15, 0.2) is 47.6 Å². The number of sulfonamides is 1. The molecule has 0 bridgehead atoms. The first kappa shape index (κ1) is 22.7. The number of rotatable bonds is 5. The summed E-state index contributed by atoms with van der Waals surface area (Å²) in [5.74, 6) is 0. The molecule has 3 aromatic heterocycles. The molecule has 0 spiro atoms. The van der Waals surface area contributed by atoms with Gasteiger partial charge in [-0.05, 0) is 56.2 Å². The normalized spacial score (nSPS) is 14.6. The highest BCUT2D eigenvalue weighted by atomic mass is 32.2. The minimum atomic E-state index is -4.73. The van der Waals surface area contributed by atoms with E-state index in [1.54, 1.807) is 22.4 Å². The Labute approximate surface area is 187 Å². The summed E-state index contributed by atoms with van der Waals surface area (Å²) < 4.78 is 66.9. The molecule has 3 aromatic rings. The van der Waals surface area contributed by atoms with Crippen LogP contribution in [0.25, 0.3) is 28.1 Å². The van der Waals surface area contributed by atoms with Crippen LogP contribution in [0.5, 0.6) is 0 Å².